The van der Waals surface area contributed by atoms with Crippen LogP contribution in [0.4, 0.5) is 5.69 Å². The second-order valence-electron chi connectivity index (χ2n) is 8.64. The number of rotatable bonds is 8. The molecule has 11 nitrogen and oxygen atoms in total. The largest absolute Gasteiger partial charge is 0.467 e. The number of esters is 1. The van der Waals surface area contributed by atoms with E-state index in [2.05, 4.69) is 20.0 Å². The van der Waals surface area contributed by atoms with Gasteiger partial charge in [0.05, 0.1) is 33.2 Å². The fourth-order valence-corrected chi connectivity index (χ4v) is 4.89. The number of ether oxygens (including phenoxy) is 3. The third-order valence-electron chi connectivity index (χ3n) is 5.85. The van der Waals surface area contributed by atoms with Crippen molar-refractivity contribution in [2.45, 2.75) is 22.8 Å². The lowest BCUT2D eigenvalue weighted by Crippen LogP contribution is -2.41. The van der Waals surface area contributed by atoms with Gasteiger partial charge < -0.3 is 19.5 Å². The zero-order valence-electron chi connectivity index (χ0n) is 21.3. The van der Waals surface area contributed by atoms with Crippen molar-refractivity contribution in [3.8, 4) is 40.0 Å². The number of nitrogens with one attached hydrogen (secondary N) is 1. The van der Waals surface area contributed by atoms with E-state index in [1.165, 1.54) is 26.2 Å². The lowest BCUT2D eigenvalue weighted by Gasteiger charge is -2.20. The summed E-state index contributed by atoms with van der Waals surface area (Å²) in [5.41, 5.74) is 1.92. The Morgan fingerprint density at radius 1 is 0.975 bits per heavy atom. The molecule has 3 aromatic carbocycles. The highest BCUT2D eigenvalue weighted by atomic mass is 32.2. The summed E-state index contributed by atoms with van der Waals surface area (Å²) >= 11 is 1.56. The molecule has 0 fully saturated rings. The minimum Gasteiger partial charge on any atom is -0.467 e. The summed E-state index contributed by atoms with van der Waals surface area (Å²) in [4.78, 5) is 45.6. The monoisotopic (exact) mass is 558 g/mol. The first-order valence-corrected chi connectivity index (χ1v) is 12.9. The smallest absolute Gasteiger partial charge is 0.328 e. The molecule has 1 N–H and O–H groups in total. The molecule has 1 atom stereocenters. The first kappa shape index (κ1) is 26.6. The minimum absolute atomic E-state index is 0.0997. The summed E-state index contributed by atoms with van der Waals surface area (Å²) in [5.74, 6) is 0.299. The summed E-state index contributed by atoms with van der Waals surface area (Å²) in [7, 11) is 1.22. The van der Waals surface area contributed by atoms with Crippen LogP contribution < -0.4 is 14.8 Å². The number of amides is 1. The SMILES string of the molecule is COC(=O)C(C)NC(=O)COc1nc(-c2cccc([N+](=O)[O-])c2)cc(-c2ccc3c(c2)Sc2ccccc2O3)n1. The molecule has 1 aromatic heterocycles. The Labute approximate surface area is 232 Å². The van der Waals surface area contributed by atoms with Gasteiger partial charge >= 0.3 is 12.0 Å². The molecular weight excluding hydrogens is 536 g/mol. The van der Waals surface area contributed by atoms with E-state index in [-0.39, 0.29) is 11.7 Å². The molecule has 12 heteroatoms. The van der Waals surface area contributed by atoms with Crippen molar-refractivity contribution in [3.05, 3.63) is 82.9 Å². The van der Waals surface area contributed by atoms with Crippen LogP contribution in [0.2, 0.25) is 0 Å². The van der Waals surface area contributed by atoms with E-state index < -0.39 is 29.4 Å². The Morgan fingerprint density at radius 2 is 1.70 bits per heavy atom. The third-order valence-corrected chi connectivity index (χ3v) is 6.95. The molecule has 1 amide bonds. The third kappa shape index (κ3) is 5.86. The molecular formula is C28H22N4O7S. The molecule has 1 aliphatic rings. The number of para-hydroxylation sites is 1. The summed E-state index contributed by atoms with van der Waals surface area (Å²) in [6.07, 6.45) is 0. The minimum atomic E-state index is -0.867. The van der Waals surface area contributed by atoms with Gasteiger partial charge in [-0.25, -0.2) is 4.79 Å². The summed E-state index contributed by atoms with van der Waals surface area (Å²) < 4.78 is 16.2. The van der Waals surface area contributed by atoms with E-state index in [9.17, 15) is 19.7 Å². The first-order valence-electron chi connectivity index (χ1n) is 12.0. The summed E-state index contributed by atoms with van der Waals surface area (Å²) in [6, 6.07) is 20.0. The fourth-order valence-electron chi connectivity index (χ4n) is 3.90. The number of fused-ring (bicyclic) bond motifs is 2. The van der Waals surface area contributed by atoms with Gasteiger partial charge in [-0.2, -0.15) is 9.97 Å². The summed E-state index contributed by atoms with van der Waals surface area (Å²) in [5, 5.41) is 13.8. The molecule has 202 valence electrons. The molecule has 2 heterocycles. The van der Waals surface area contributed by atoms with Crippen LogP contribution in [0.3, 0.4) is 0 Å². The van der Waals surface area contributed by atoms with Crippen LogP contribution in [0.1, 0.15) is 6.92 Å². The number of nitrogens with zero attached hydrogens (tertiary/aromatic N) is 3. The number of hydrogen-bond donors (Lipinski definition) is 1. The number of nitro benzene ring substituents is 1. The number of carbonyl (C=O) groups excluding carboxylic acids is 2. The Balaban J connectivity index is 1.47. The van der Waals surface area contributed by atoms with Crippen molar-refractivity contribution in [2.24, 2.45) is 0 Å². The van der Waals surface area contributed by atoms with Gasteiger partial charge in [0.1, 0.15) is 17.5 Å². The Bertz CT molecular complexity index is 1630. The second-order valence-corrected chi connectivity index (χ2v) is 9.73. The molecule has 0 radical (unpaired) electrons. The van der Waals surface area contributed by atoms with Crippen LogP contribution in [0.25, 0.3) is 22.5 Å². The van der Waals surface area contributed by atoms with Crippen LogP contribution in [0, 0.1) is 10.1 Å². The highest BCUT2D eigenvalue weighted by molar-refractivity contribution is 7.99. The molecule has 1 aliphatic heterocycles. The molecule has 40 heavy (non-hydrogen) atoms. The topological polar surface area (TPSA) is 143 Å². The average molecular weight is 559 g/mol. The molecule has 5 rings (SSSR count). The quantitative estimate of drug-likeness (QED) is 0.156. The van der Waals surface area contributed by atoms with Crippen LogP contribution in [-0.2, 0) is 14.3 Å². The number of non-ortho nitro benzene ring substituents is 1. The maximum absolute atomic E-state index is 12.3. The predicted molar refractivity (Wildman–Crippen MR) is 145 cm³/mol. The number of benzene rings is 3. The van der Waals surface area contributed by atoms with Gasteiger partial charge in [0.15, 0.2) is 6.61 Å². The maximum Gasteiger partial charge on any atom is 0.328 e. The van der Waals surface area contributed by atoms with Crippen molar-refractivity contribution in [2.75, 3.05) is 13.7 Å². The fraction of sp³-hybridized carbons (Fsp3) is 0.143. The lowest BCUT2D eigenvalue weighted by molar-refractivity contribution is -0.384. The normalized spacial score (nSPS) is 12.2. The van der Waals surface area contributed by atoms with Crippen LogP contribution in [0.5, 0.6) is 17.5 Å². The Kier molecular flexibility index (Phi) is 7.60. The van der Waals surface area contributed by atoms with Crippen molar-refractivity contribution in [1.82, 2.24) is 15.3 Å². The van der Waals surface area contributed by atoms with Crippen LogP contribution >= 0.6 is 11.8 Å². The van der Waals surface area contributed by atoms with Gasteiger partial charge in [-0.1, -0.05) is 36.0 Å². The van der Waals surface area contributed by atoms with E-state index in [0.717, 1.165) is 21.1 Å². The highest BCUT2D eigenvalue weighted by Gasteiger charge is 2.20. The van der Waals surface area contributed by atoms with Gasteiger partial charge in [0.25, 0.3) is 11.6 Å². The van der Waals surface area contributed by atoms with Gasteiger partial charge in [-0.15, -0.1) is 0 Å². The van der Waals surface area contributed by atoms with Crippen molar-refractivity contribution < 1.29 is 28.7 Å². The van der Waals surface area contributed by atoms with E-state index in [1.807, 2.05) is 42.5 Å². The molecule has 4 aromatic rings. The van der Waals surface area contributed by atoms with E-state index in [4.69, 9.17) is 9.47 Å². The number of aromatic nitrogens is 2. The second kappa shape index (κ2) is 11.4. The number of hydrogen-bond acceptors (Lipinski definition) is 10. The van der Waals surface area contributed by atoms with Gasteiger partial charge in [0.2, 0.25) is 0 Å². The lowest BCUT2D eigenvalue weighted by atomic mass is 10.1. The zero-order valence-corrected chi connectivity index (χ0v) is 22.1. The van der Waals surface area contributed by atoms with E-state index >= 15 is 0 Å². The zero-order chi connectivity index (χ0) is 28.2. The maximum atomic E-state index is 12.3. The average Bonchev–Trinajstić information content (AvgIpc) is 2.98. The van der Waals surface area contributed by atoms with E-state index in [0.29, 0.717) is 22.7 Å². The van der Waals surface area contributed by atoms with Crippen molar-refractivity contribution >= 4 is 29.3 Å². The van der Waals surface area contributed by atoms with Crippen LogP contribution in [0.15, 0.2) is 82.6 Å². The van der Waals surface area contributed by atoms with Gasteiger partial charge in [-0.05, 0) is 43.3 Å². The Hall–Kier alpha value is -4.97. The molecule has 0 bridgehead atoms. The first-order chi connectivity index (χ1) is 19.3. The highest BCUT2D eigenvalue weighted by Crippen LogP contribution is 2.47. The number of methoxy groups -OCH3 is 1. The van der Waals surface area contributed by atoms with Crippen molar-refractivity contribution in [1.29, 1.82) is 0 Å². The summed E-state index contributed by atoms with van der Waals surface area (Å²) in [6.45, 7) is 1.02. The number of carbonyl (C=O) groups is 2. The van der Waals surface area contributed by atoms with E-state index in [1.54, 1.807) is 30.0 Å². The Morgan fingerprint density at radius 3 is 2.45 bits per heavy atom. The molecule has 0 saturated carbocycles. The molecule has 1 unspecified atom stereocenters. The van der Waals surface area contributed by atoms with Crippen LogP contribution in [-0.4, -0.2) is 46.5 Å². The predicted octanol–water partition coefficient (Wildman–Crippen LogP) is 5.03. The standard InChI is InChI=1S/C28H22N4O7S/c1-16(27(34)37-2)29-26(33)15-38-28-30-20(17-6-5-7-19(12-17)32(35)36)14-21(31-28)18-10-11-23-25(13-18)40-24-9-4-3-8-22(24)39-23/h3-14,16H,15H2,1-2H3,(H,29,33). The number of nitro groups is 1. The molecule has 0 spiro atoms. The van der Waals surface area contributed by atoms with Gasteiger partial charge in [0, 0.05) is 23.3 Å². The van der Waals surface area contributed by atoms with Crippen molar-refractivity contribution in [3.63, 3.8) is 0 Å². The molecule has 0 aliphatic carbocycles. The van der Waals surface area contributed by atoms with Gasteiger partial charge in [-0.3, -0.25) is 14.9 Å². The molecule has 0 saturated heterocycles.